The lowest BCUT2D eigenvalue weighted by Crippen LogP contribution is -2.33. The Hall–Kier alpha value is -1.43. The first-order valence-electron chi connectivity index (χ1n) is 6.74. The third-order valence-electron chi connectivity index (χ3n) is 3.69. The van der Waals surface area contributed by atoms with E-state index in [2.05, 4.69) is 4.37 Å². The molecule has 6 heteroatoms. The number of rotatable bonds is 2. The number of likely N-dealkylation sites (tertiary alicyclic amines) is 1. The minimum atomic E-state index is -0.560. The van der Waals surface area contributed by atoms with Gasteiger partial charge in [-0.2, -0.15) is 4.37 Å². The first kappa shape index (κ1) is 14.5. The van der Waals surface area contributed by atoms with Crippen LogP contribution in [-0.4, -0.2) is 32.9 Å². The summed E-state index contributed by atoms with van der Waals surface area (Å²) in [6, 6.07) is 8.71. The molecule has 0 bridgehead atoms. The van der Waals surface area contributed by atoms with Gasteiger partial charge in [0, 0.05) is 16.4 Å². The monoisotopic (exact) mass is 322 g/mol. The van der Waals surface area contributed by atoms with E-state index in [1.165, 1.54) is 11.5 Å². The first-order valence-corrected chi connectivity index (χ1v) is 7.89. The molecular weight excluding hydrogens is 308 g/mol. The average molecular weight is 323 g/mol. The molecule has 110 valence electrons. The summed E-state index contributed by atoms with van der Waals surface area (Å²) < 4.78 is 4.18. The molecule has 1 saturated heterocycles. The number of carbonyl (C=O) groups excluding carboxylic acids is 1. The van der Waals surface area contributed by atoms with Crippen molar-refractivity contribution in [3.05, 3.63) is 51.5 Å². The lowest BCUT2D eigenvalue weighted by atomic mass is 10.0. The van der Waals surface area contributed by atoms with Crippen LogP contribution in [0.25, 0.3) is 0 Å². The van der Waals surface area contributed by atoms with Crippen molar-refractivity contribution < 1.29 is 9.90 Å². The summed E-state index contributed by atoms with van der Waals surface area (Å²) in [6.07, 6.45) is 0.0113. The van der Waals surface area contributed by atoms with Gasteiger partial charge in [0.15, 0.2) is 0 Å². The highest BCUT2D eigenvalue weighted by Crippen LogP contribution is 2.34. The quantitative estimate of drug-likeness (QED) is 0.924. The van der Waals surface area contributed by atoms with Gasteiger partial charge in [0.25, 0.3) is 5.91 Å². The summed E-state index contributed by atoms with van der Waals surface area (Å²) in [5.74, 6) is -0.129. The molecule has 2 aromatic rings. The van der Waals surface area contributed by atoms with E-state index in [1.54, 1.807) is 23.1 Å². The number of amides is 1. The van der Waals surface area contributed by atoms with Crippen LogP contribution in [0.3, 0.4) is 0 Å². The predicted octanol–water partition coefficient (Wildman–Crippen LogP) is 3.05. The van der Waals surface area contributed by atoms with Crippen LogP contribution in [0.15, 0.2) is 30.3 Å². The molecule has 1 N–H and O–H groups in total. The molecule has 2 heterocycles. The van der Waals surface area contributed by atoms with Gasteiger partial charge >= 0.3 is 0 Å². The zero-order valence-electron chi connectivity index (χ0n) is 11.5. The second kappa shape index (κ2) is 5.75. The fourth-order valence-electron chi connectivity index (χ4n) is 2.68. The van der Waals surface area contributed by atoms with E-state index in [1.807, 2.05) is 19.1 Å². The number of aryl methyl sites for hydroxylation is 1. The van der Waals surface area contributed by atoms with E-state index in [4.69, 9.17) is 11.6 Å². The average Bonchev–Trinajstić information content (AvgIpc) is 3.06. The van der Waals surface area contributed by atoms with Crippen LogP contribution < -0.4 is 0 Å². The minimum Gasteiger partial charge on any atom is -0.391 e. The second-order valence-electron chi connectivity index (χ2n) is 5.17. The number of hydrogen-bond acceptors (Lipinski definition) is 4. The van der Waals surface area contributed by atoms with E-state index in [0.29, 0.717) is 23.7 Å². The molecule has 1 aromatic carbocycles. The normalized spacial score (nSPS) is 21.8. The Bertz CT molecular complexity index is 656. The van der Waals surface area contributed by atoms with E-state index in [0.717, 1.165) is 10.4 Å². The number of aliphatic hydroxyl groups excluding tert-OH is 1. The summed E-state index contributed by atoms with van der Waals surface area (Å²) >= 11 is 7.21. The van der Waals surface area contributed by atoms with Crippen molar-refractivity contribution in [2.45, 2.75) is 25.5 Å². The topological polar surface area (TPSA) is 53.4 Å². The third kappa shape index (κ3) is 2.81. The van der Waals surface area contributed by atoms with Gasteiger partial charge in [0.05, 0.1) is 12.1 Å². The highest BCUT2D eigenvalue weighted by molar-refractivity contribution is 7.05. The van der Waals surface area contributed by atoms with Crippen molar-refractivity contribution in [2.24, 2.45) is 0 Å². The Morgan fingerprint density at radius 3 is 2.76 bits per heavy atom. The van der Waals surface area contributed by atoms with Crippen molar-refractivity contribution in [3.8, 4) is 0 Å². The maximum Gasteiger partial charge on any atom is 0.274 e. The zero-order valence-corrected chi connectivity index (χ0v) is 13.1. The van der Waals surface area contributed by atoms with E-state index in [9.17, 15) is 9.90 Å². The molecule has 1 aliphatic rings. The number of aliphatic hydroxyl groups is 1. The van der Waals surface area contributed by atoms with Crippen molar-refractivity contribution in [1.82, 2.24) is 9.27 Å². The van der Waals surface area contributed by atoms with Gasteiger partial charge in [0.1, 0.15) is 5.69 Å². The fourth-order valence-corrected chi connectivity index (χ4v) is 3.34. The highest BCUT2D eigenvalue weighted by atomic mass is 35.5. The predicted molar refractivity (Wildman–Crippen MR) is 82.7 cm³/mol. The number of hydrogen-bond donors (Lipinski definition) is 1. The summed E-state index contributed by atoms with van der Waals surface area (Å²) in [6.45, 7) is 2.45. The fraction of sp³-hybridized carbons (Fsp3) is 0.333. The number of carbonyl (C=O) groups is 1. The summed E-state index contributed by atoms with van der Waals surface area (Å²) in [4.78, 5) is 15.3. The molecule has 2 atom stereocenters. The molecule has 0 saturated carbocycles. The smallest absolute Gasteiger partial charge is 0.274 e. The van der Waals surface area contributed by atoms with Crippen molar-refractivity contribution in [2.75, 3.05) is 6.54 Å². The van der Waals surface area contributed by atoms with Crippen LogP contribution >= 0.6 is 23.1 Å². The van der Waals surface area contributed by atoms with Gasteiger partial charge in [-0.25, -0.2) is 0 Å². The molecule has 4 nitrogen and oxygen atoms in total. The number of halogens is 1. The number of aromatic nitrogens is 1. The molecule has 1 fully saturated rings. The maximum absolute atomic E-state index is 12.6. The van der Waals surface area contributed by atoms with E-state index in [-0.39, 0.29) is 11.9 Å². The van der Waals surface area contributed by atoms with Gasteiger partial charge in [-0.3, -0.25) is 4.79 Å². The second-order valence-corrected chi connectivity index (χ2v) is 6.62. The standard InChI is InChI=1S/C15H15ClN2O2S/c1-9-8-12(17-21-9)15(20)18-7-6-13(19)14(18)10-2-4-11(16)5-3-10/h2-5,8,13-14,19H,6-7H2,1H3/t13-,14-/m1/s1. The molecule has 1 amide bonds. The maximum atomic E-state index is 12.6. The lowest BCUT2D eigenvalue weighted by molar-refractivity contribution is 0.0633. The number of nitrogens with zero attached hydrogens (tertiary/aromatic N) is 2. The van der Waals surface area contributed by atoms with Crippen LogP contribution in [0.2, 0.25) is 5.02 Å². The van der Waals surface area contributed by atoms with Crippen molar-refractivity contribution in [3.63, 3.8) is 0 Å². The Morgan fingerprint density at radius 2 is 2.14 bits per heavy atom. The van der Waals surface area contributed by atoms with Crippen LogP contribution in [-0.2, 0) is 0 Å². The van der Waals surface area contributed by atoms with Crippen molar-refractivity contribution >= 4 is 29.0 Å². The Kier molecular flexibility index (Phi) is 3.97. The molecule has 1 aliphatic heterocycles. The first-order chi connectivity index (χ1) is 10.1. The molecule has 3 rings (SSSR count). The molecule has 0 unspecified atom stereocenters. The third-order valence-corrected chi connectivity index (χ3v) is 4.63. The minimum absolute atomic E-state index is 0.129. The van der Waals surface area contributed by atoms with Gasteiger partial charge in [0.2, 0.25) is 0 Å². The Morgan fingerprint density at radius 1 is 1.43 bits per heavy atom. The van der Waals surface area contributed by atoms with Crippen LogP contribution in [0.1, 0.15) is 33.4 Å². The van der Waals surface area contributed by atoms with Crippen LogP contribution in [0, 0.1) is 6.92 Å². The van der Waals surface area contributed by atoms with Crippen LogP contribution in [0.4, 0.5) is 0 Å². The molecular formula is C15H15ClN2O2S. The molecule has 0 spiro atoms. The van der Waals surface area contributed by atoms with Gasteiger partial charge in [-0.05, 0) is 48.6 Å². The molecule has 0 aliphatic carbocycles. The highest BCUT2D eigenvalue weighted by Gasteiger charge is 2.38. The summed E-state index contributed by atoms with van der Waals surface area (Å²) in [5, 5.41) is 10.9. The van der Waals surface area contributed by atoms with Gasteiger partial charge < -0.3 is 10.0 Å². The molecule has 21 heavy (non-hydrogen) atoms. The zero-order chi connectivity index (χ0) is 15.0. The number of benzene rings is 1. The SMILES string of the molecule is Cc1cc(C(=O)N2CC[C@@H](O)[C@H]2c2ccc(Cl)cc2)ns1. The summed E-state index contributed by atoms with van der Waals surface area (Å²) in [5.41, 5.74) is 1.34. The van der Waals surface area contributed by atoms with Gasteiger partial charge in [-0.1, -0.05) is 23.7 Å². The Balaban J connectivity index is 1.90. The summed E-state index contributed by atoms with van der Waals surface area (Å²) in [7, 11) is 0. The lowest BCUT2D eigenvalue weighted by Gasteiger charge is -2.26. The van der Waals surface area contributed by atoms with Gasteiger partial charge in [-0.15, -0.1) is 0 Å². The largest absolute Gasteiger partial charge is 0.391 e. The van der Waals surface area contributed by atoms with Crippen molar-refractivity contribution in [1.29, 1.82) is 0 Å². The Labute approximate surface area is 132 Å². The van der Waals surface area contributed by atoms with E-state index < -0.39 is 6.10 Å². The van der Waals surface area contributed by atoms with E-state index >= 15 is 0 Å². The van der Waals surface area contributed by atoms with Crippen LogP contribution in [0.5, 0.6) is 0 Å². The molecule has 1 aromatic heterocycles. The molecule has 0 radical (unpaired) electrons.